The first-order valence-corrected chi connectivity index (χ1v) is 11.3. The van der Waals surface area contributed by atoms with Crippen LogP contribution in [0, 0.1) is 23.2 Å². The molecule has 2 heterocycles. The van der Waals surface area contributed by atoms with E-state index in [9.17, 15) is 14.9 Å². The van der Waals surface area contributed by atoms with Gasteiger partial charge >= 0.3 is 0 Å². The second kappa shape index (κ2) is 10.4. The third-order valence-electron chi connectivity index (χ3n) is 6.76. The van der Waals surface area contributed by atoms with E-state index in [1.165, 1.54) is 19.3 Å². The number of piperidine rings is 1. The number of amides is 2. The number of nitrogens with one attached hydrogen (secondary N) is 1. The SMILES string of the molecule is CN1CCCC(C#N)(NC(=O)C(CC(=O)N2CCOCC2)CC2CCCCC2)C1. The molecule has 0 aromatic heterocycles. The molecule has 29 heavy (non-hydrogen) atoms. The van der Waals surface area contributed by atoms with E-state index in [0.29, 0.717) is 45.2 Å². The lowest BCUT2D eigenvalue weighted by molar-refractivity contribution is -0.140. The van der Waals surface area contributed by atoms with Gasteiger partial charge in [0.25, 0.3) is 0 Å². The Balaban J connectivity index is 1.67. The number of nitriles is 1. The van der Waals surface area contributed by atoms with Crippen LogP contribution in [0.3, 0.4) is 0 Å². The summed E-state index contributed by atoms with van der Waals surface area (Å²) in [5.41, 5.74) is -0.836. The summed E-state index contributed by atoms with van der Waals surface area (Å²) < 4.78 is 5.35. The highest BCUT2D eigenvalue weighted by Crippen LogP contribution is 2.31. The Morgan fingerprint density at radius 2 is 1.90 bits per heavy atom. The van der Waals surface area contributed by atoms with Gasteiger partial charge in [0.15, 0.2) is 0 Å². The molecule has 0 spiro atoms. The zero-order valence-corrected chi connectivity index (χ0v) is 17.8. The molecule has 1 N–H and O–H groups in total. The number of ether oxygens (including phenoxy) is 1. The van der Waals surface area contributed by atoms with Crippen molar-refractivity contribution >= 4 is 11.8 Å². The maximum Gasteiger partial charge on any atom is 0.224 e. The maximum absolute atomic E-state index is 13.3. The lowest BCUT2D eigenvalue weighted by Gasteiger charge is -2.38. The smallest absolute Gasteiger partial charge is 0.224 e. The van der Waals surface area contributed by atoms with Gasteiger partial charge in [-0.2, -0.15) is 5.26 Å². The minimum absolute atomic E-state index is 0.0380. The quantitative estimate of drug-likeness (QED) is 0.731. The summed E-state index contributed by atoms with van der Waals surface area (Å²) in [7, 11) is 1.98. The number of nitrogens with zero attached hydrogens (tertiary/aromatic N) is 3. The van der Waals surface area contributed by atoms with Gasteiger partial charge in [-0.15, -0.1) is 0 Å². The van der Waals surface area contributed by atoms with Crippen LogP contribution in [0.25, 0.3) is 0 Å². The fourth-order valence-electron chi connectivity index (χ4n) is 5.09. The maximum atomic E-state index is 13.3. The Hall–Kier alpha value is -1.65. The molecule has 0 aromatic carbocycles. The molecule has 2 unspecified atom stereocenters. The Labute approximate surface area is 174 Å². The van der Waals surface area contributed by atoms with Gasteiger partial charge in [0.05, 0.1) is 19.3 Å². The third-order valence-corrected chi connectivity index (χ3v) is 6.76. The van der Waals surface area contributed by atoms with Gasteiger partial charge in [0, 0.05) is 32.0 Å². The summed E-state index contributed by atoms with van der Waals surface area (Å²) in [6.45, 7) is 3.82. The van der Waals surface area contributed by atoms with Crippen LogP contribution in [0.2, 0.25) is 0 Å². The Morgan fingerprint density at radius 3 is 2.55 bits per heavy atom. The molecule has 1 saturated carbocycles. The van der Waals surface area contributed by atoms with Gasteiger partial charge in [-0.1, -0.05) is 32.1 Å². The van der Waals surface area contributed by atoms with Crippen molar-refractivity contribution in [1.29, 1.82) is 5.26 Å². The minimum Gasteiger partial charge on any atom is -0.378 e. The molecule has 2 amide bonds. The molecule has 0 radical (unpaired) electrons. The number of hydrogen-bond donors (Lipinski definition) is 1. The number of likely N-dealkylation sites (N-methyl/N-ethyl adjacent to an activating group) is 1. The number of hydrogen-bond acceptors (Lipinski definition) is 5. The van der Waals surface area contributed by atoms with Crippen molar-refractivity contribution in [2.24, 2.45) is 11.8 Å². The van der Waals surface area contributed by atoms with Gasteiger partial charge in [-0.05, 0) is 38.8 Å². The molecule has 2 saturated heterocycles. The van der Waals surface area contributed by atoms with Gasteiger partial charge < -0.3 is 19.9 Å². The molecule has 0 bridgehead atoms. The van der Waals surface area contributed by atoms with Crippen LogP contribution < -0.4 is 5.32 Å². The highest BCUT2D eigenvalue weighted by Gasteiger charge is 2.38. The molecule has 2 aliphatic heterocycles. The fraction of sp³-hybridized carbons (Fsp3) is 0.864. The minimum atomic E-state index is -0.836. The molecular formula is C22H36N4O3. The van der Waals surface area contributed by atoms with Crippen molar-refractivity contribution < 1.29 is 14.3 Å². The van der Waals surface area contributed by atoms with Crippen LogP contribution in [0.4, 0.5) is 0 Å². The van der Waals surface area contributed by atoms with E-state index in [2.05, 4.69) is 16.3 Å². The van der Waals surface area contributed by atoms with Gasteiger partial charge in [-0.3, -0.25) is 9.59 Å². The van der Waals surface area contributed by atoms with E-state index in [1.54, 1.807) is 0 Å². The van der Waals surface area contributed by atoms with Crippen LogP contribution in [-0.4, -0.2) is 73.6 Å². The number of likely N-dealkylation sites (tertiary alicyclic amines) is 1. The third kappa shape index (κ3) is 6.16. The Kier molecular flexibility index (Phi) is 7.91. The number of carbonyl (C=O) groups excluding carboxylic acids is 2. The number of carbonyl (C=O) groups is 2. The molecule has 0 aromatic rings. The van der Waals surface area contributed by atoms with E-state index < -0.39 is 5.54 Å². The summed E-state index contributed by atoms with van der Waals surface area (Å²) in [6, 6.07) is 2.37. The summed E-state index contributed by atoms with van der Waals surface area (Å²) in [5.74, 6) is 0.0695. The van der Waals surface area contributed by atoms with E-state index in [4.69, 9.17) is 4.74 Å². The zero-order valence-electron chi connectivity index (χ0n) is 17.8. The second-order valence-electron chi connectivity index (χ2n) is 9.16. The van der Waals surface area contributed by atoms with Crippen LogP contribution in [-0.2, 0) is 14.3 Å². The molecule has 7 nitrogen and oxygen atoms in total. The fourth-order valence-corrected chi connectivity index (χ4v) is 5.09. The van der Waals surface area contributed by atoms with Crippen molar-refractivity contribution in [2.75, 3.05) is 46.4 Å². The van der Waals surface area contributed by atoms with Gasteiger partial charge in [0.1, 0.15) is 5.54 Å². The Morgan fingerprint density at radius 1 is 1.17 bits per heavy atom. The number of morpholine rings is 1. The van der Waals surface area contributed by atoms with Crippen molar-refractivity contribution in [2.45, 2.75) is 63.3 Å². The predicted molar refractivity (Wildman–Crippen MR) is 110 cm³/mol. The second-order valence-corrected chi connectivity index (χ2v) is 9.16. The van der Waals surface area contributed by atoms with Gasteiger partial charge in [-0.25, -0.2) is 0 Å². The van der Waals surface area contributed by atoms with Crippen molar-refractivity contribution in [3.05, 3.63) is 0 Å². The monoisotopic (exact) mass is 404 g/mol. The van der Waals surface area contributed by atoms with Crippen LogP contribution in [0.1, 0.15) is 57.8 Å². The summed E-state index contributed by atoms with van der Waals surface area (Å²) in [4.78, 5) is 30.1. The van der Waals surface area contributed by atoms with Gasteiger partial charge in [0.2, 0.25) is 11.8 Å². The zero-order chi connectivity index (χ0) is 20.7. The van der Waals surface area contributed by atoms with Crippen LogP contribution in [0.5, 0.6) is 0 Å². The largest absolute Gasteiger partial charge is 0.378 e. The Bertz CT molecular complexity index is 608. The van der Waals surface area contributed by atoms with Crippen molar-refractivity contribution in [1.82, 2.24) is 15.1 Å². The molecule has 3 aliphatic rings. The lowest BCUT2D eigenvalue weighted by Crippen LogP contribution is -2.58. The van der Waals surface area contributed by atoms with Crippen LogP contribution in [0.15, 0.2) is 0 Å². The molecule has 3 rings (SSSR count). The first kappa shape index (κ1) is 22.0. The summed E-state index contributed by atoms with van der Waals surface area (Å²) in [6.07, 6.45) is 8.52. The van der Waals surface area contributed by atoms with E-state index in [0.717, 1.165) is 32.2 Å². The molecule has 1 aliphatic carbocycles. The topological polar surface area (TPSA) is 85.7 Å². The summed E-state index contributed by atoms with van der Waals surface area (Å²) >= 11 is 0. The van der Waals surface area contributed by atoms with Crippen molar-refractivity contribution in [3.63, 3.8) is 0 Å². The van der Waals surface area contributed by atoms with E-state index in [1.807, 2.05) is 11.9 Å². The highest BCUT2D eigenvalue weighted by atomic mass is 16.5. The molecule has 3 fully saturated rings. The van der Waals surface area contributed by atoms with E-state index in [-0.39, 0.29) is 24.2 Å². The average molecular weight is 405 g/mol. The summed E-state index contributed by atoms with van der Waals surface area (Å²) in [5, 5.41) is 12.9. The van der Waals surface area contributed by atoms with Crippen LogP contribution >= 0.6 is 0 Å². The van der Waals surface area contributed by atoms with E-state index >= 15 is 0 Å². The predicted octanol–water partition coefficient (Wildman–Crippen LogP) is 1.93. The molecular weight excluding hydrogens is 368 g/mol. The highest BCUT2D eigenvalue weighted by molar-refractivity contribution is 5.86. The standard InChI is InChI=1S/C22H36N4O3/c1-25-9-5-8-22(16-23,17-25)24-21(28)19(14-18-6-3-2-4-7-18)15-20(27)26-10-12-29-13-11-26/h18-19H,2-15,17H2,1H3,(H,24,28). The molecule has 162 valence electrons. The lowest BCUT2D eigenvalue weighted by atomic mass is 9.80. The first-order chi connectivity index (χ1) is 14.0. The van der Waals surface area contributed by atoms with Crippen molar-refractivity contribution in [3.8, 4) is 6.07 Å². The molecule has 7 heteroatoms. The average Bonchev–Trinajstić information content (AvgIpc) is 2.74. The normalized spacial score (nSPS) is 27.8. The molecule has 2 atom stereocenters. The number of rotatable bonds is 6. The first-order valence-electron chi connectivity index (χ1n) is 11.3.